The predicted octanol–water partition coefficient (Wildman–Crippen LogP) is 3.54. The lowest BCUT2D eigenvalue weighted by Gasteiger charge is -2.18. The molecule has 0 fully saturated rings. The summed E-state index contributed by atoms with van der Waals surface area (Å²) in [6, 6.07) is 2.13. The molecule has 16 heavy (non-hydrogen) atoms. The molecule has 3 nitrogen and oxygen atoms in total. The molecule has 0 amide bonds. The van der Waals surface area contributed by atoms with Crippen LogP contribution < -0.4 is 4.90 Å². The minimum absolute atomic E-state index is 0.856. The maximum Gasteiger partial charge on any atom is 0.145 e. The zero-order chi connectivity index (χ0) is 11.5. The van der Waals surface area contributed by atoms with Crippen molar-refractivity contribution in [3.05, 3.63) is 36.9 Å². The number of halogens is 2. The number of thiophene rings is 1. The molecule has 84 valence electrons. The Balaban J connectivity index is 2.14. The number of hydrogen-bond acceptors (Lipinski definition) is 4. The fourth-order valence-corrected chi connectivity index (χ4v) is 3.28. The molecule has 0 unspecified atom stereocenters. The molecule has 0 radical (unpaired) electrons. The van der Waals surface area contributed by atoms with E-state index in [4.69, 9.17) is 0 Å². The second-order valence-electron chi connectivity index (χ2n) is 3.31. The molecule has 0 aliphatic carbocycles. The largest absolute Gasteiger partial charge is 0.354 e. The topological polar surface area (TPSA) is 29.0 Å². The van der Waals surface area contributed by atoms with Crippen molar-refractivity contribution in [2.45, 2.75) is 6.54 Å². The van der Waals surface area contributed by atoms with E-state index in [1.807, 2.05) is 13.2 Å². The maximum atomic E-state index is 4.28. The summed E-state index contributed by atoms with van der Waals surface area (Å²) >= 11 is 7.42. The number of hydrogen-bond donors (Lipinski definition) is 0. The maximum absolute atomic E-state index is 4.28. The van der Waals surface area contributed by atoms with E-state index in [-0.39, 0.29) is 0 Å². The van der Waals surface area contributed by atoms with Gasteiger partial charge in [0.15, 0.2) is 0 Å². The quantitative estimate of drug-likeness (QED) is 0.726. The average molecular weight is 410 g/mol. The first kappa shape index (κ1) is 12.3. The van der Waals surface area contributed by atoms with Crippen LogP contribution in [0.25, 0.3) is 0 Å². The normalized spacial score (nSPS) is 10.4. The van der Waals surface area contributed by atoms with Crippen LogP contribution in [0, 0.1) is 3.57 Å². The second-order valence-corrected chi connectivity index (χ2v) is 6.76. The number of rotatable bonds is 3. The SMILES string of the molecule is CN(Cc1csc(Br)c1)c1ncncc1I. The highest BCUT2D eigenvalue weighted by Crippen LogP contribution is 2.24. The number of anilines is 1. The van der Waals surface area contributed by atoms with Gasteiger partial charge in [0.05, 0.1) is 7.36 Å². The van der Waals surface area contributed by atoms with Crippen LogP contribution in [0.1, 0.15) is 5.56 Å². The Labute approximate surface area is 120 Å². The molecule has 0 spiro atoms. The first-order chi connectivity index (χ1) is 7.66. The van der Waals surface area contributed by atoms with Crippen LogP contribution in [-0.2, 0) is 6.54 Å². The summed E-state index contributed by atoms with van der Waals surface area (Å²) in [7, 11) is 2.04. The summed E-state index contributed by atoms with van der Waals surface area (Å²) in [5.74, 6) is 0.970. The zero-order valence-electron chi connectivity index (χ0n) is 8.52. The molecular formula is C10H9BrIN3S. The van der Waals surface area contributed by atoms with E-state index in [0.717, 1.165) is 19.7 Å². The molecule has 0 saturated heterocycles. The van der Waals surface area contributed by atoms with Gasteiger partial charge in [-0.25, -0.2) is 9.97 Å². The van der Waals surface area contributed by atoms with E-state index in [9.17, 15) is 0 Å². The van der Waals surface area contributed by atoms with Gasteiger partial charge in [-0.1, -0.05) is 0 Å². The average Bonchev–Trinajstić information content (AvgIpc) is 2.64. The molecule has 2 heterocycles. The van der Waals surface area contributed by atoms with E-state index >= 15 is 0 Å². The molecule has 2 aromatic heterocycles. The predicted molar refractivity (Wildman–Crippen MR) is 78.9 cm³/mol. The highest BCUT2D eigenvalue weighted by atomic mass is 127. The van der Waals surface area contributed by atoms with Crippen LogP contribution in [0.4, 0.5) is 5.82 Å². The van der Waals surface area contributed by atoms with E-state index in [0.29, 0.717) is 0 Å². The monoisotopic (exact) mass is 409 g/mol. The second kappa shape index (κ2) is 5.42. The Bertz CT molecular complexity index is 488. The van der Waals surface area contributed by atoms with Crippen molar-refractivity contribution in [3.63, 3.8) is 0 Å². The first-order valence-electron chi connectivity index (χ1n) is 4.56. The van der Waals surface area contributed by atoms with Crippen molar-refractivity contribution in [1.82, 2.24) is 9.97 Å². The molecule has 0 atom stereocenters. The highest BCUT2D eigenvalue weighted by Gasteiger charge is 2.08. The molecular weight excluding hydrogens is 401 g/mol. The number of nitrogens with zero attached hydrogens (tertiary/aromatic N) is 3. The van der Waals surface area contributed by atoms with E-state index < -0.39 is 0 Å². The van der Waals surface area contributed by atoms with Gasteiger partial charge < -0.3 is 4.90 Å². The van der Waals surface area contributed by atoms with E-state index in [1.165, 1.54) is 5.56 Å². The minimum Gasteiger partial charge on any atom is -0.354 e. The van der Waals surface area contributed by atoms with Gasteiger partial charge in [-0.2, -0.15) is 0 Å². The standard InChI is InChI=1S/C10H9BrIN3S/c1-15(4-7-2-9(11)16-5-7)10-8(12)3-13-6-14-10/h2-3,5-6H,4H2,1H3. The lowest BCUT2D eigenvalue weighted by Crippen LogP contribution is -2.18. The molecule has 0 N–H and O–H groups in total. The lowest BCUT2D eigenvalue weighted by molar-refractivity contribution is 0.888. The summed E-state index contributed by atoms with van der Waals surface area (Å²) in [5, 5.41) is 2.15. The fraction of sp³-hybridized carbons (Fsp3) is 0.200. The highest BCUT2D eigenvalue weighted by molar-refractivity contribution is 14.1. The number of aromatic nitrogens is 2. The van der Waals surface area contributed by atoms with Crippen molar-refractivity contribution in [2.24, 2.45) is 0 Å². The molecule has 6 heteroatoms. The third-order valence-corrected chi connectivity index (χ3v) is 4.37. The van der Waals surface area contributed by atoms with Gasteiger partial charge >= 0.3 is 0 Å². The van der Waals surface area contributed by atoms with Gasteiger partial charge in [0.2, 0.25) is 0 Å². The van der Waals surface area contributed by atoms with Crippen LogP contribution >= 0.6 is 49.9 Å². The molecule has 0 aliphatic heterocycles. The van der Waals surface area contributed by atoms with Crippen molar-refractivity contribution < 1.29 is 0 Å². The van der Waals surface area contributed by atoms with Crippen LogP contribution in [0.15, 0.2) is 27.8 Å². The van der Waals surface area contributed by atoms with Crippen LogP contribution in [0.5, 0.6) is 0 Å². The van der Waals surface area contributed by atoms with Gasteiger partial charge in [-0.15, -0.1) is 11.3 Å². The Morgan fingerprint density at radius 3 is 3.00 bits per heavy atom. The summed E-state index contributed by atoms with van der Waals surface area (Å²) in [4.78, 5) is 10.4. The summed E-state index contributed by atoms with van der Waals surface area (Å²) < 4.78 is 2.23. The summed E-state index contributed by atoms with van der Waals surface area (Å²) in [5.41, 5.74) is 1.29. The van der Waals surface area contributed by atoms with Crippen molar-refractivity contribution in [2.75, 3.05) is 11.9 Å². The minimum atomic E-state index is 0.856. The first-order valence-corrected chi connectivity index (χ1v) is 7.31. The molecule has 0 bridgehead atoms. The van der Waals surface area contributed by atoms with Gasteiger partial charge in [0, 0.05) is 19.8 Å². The van der Waals surface area contributed by atoms with Gasteiger partial charge in [-0.3, -0.25) is 0 Å². The van der Waals surface area contributed by atoms with Crippen LogP contribution in [-0.4, -0.2) is 17.0 Å². The third-order valence-electron chi connectivity index (χ3n) is 2.05. The summed E-state index contributed by atoms with van der Waals surface area (Å²) in [6.07, 6.45) is 3.40. The Morgan fingerprint density at radius 2 is 2.38 bits per heavy atom. The smallest absolute Gasteiger partial charge is 0.145 e. The van der Waals surface area contributed by atoms with E-state index in [1.54, 1.807) is 17.7 Å². The molecule has 0 aliphatic rings. The lowest BCUT2D eigenvalue weighted by atomic mass is 10.3. The van der Waals surface area contributed by atoms with Crippen molar-refractivity contribution >= 4 is 55.7 Å². The zero-order valence-corrected chi connectivity index (χ0v) is 13.1. The van der Waals surface area contributed by atoms with Gasteiger partial charge in [-0.05, 0) is 55.5 Å². The van der Waals surface area contributed by atoms with Crippen molar-refractivity contribution in [3.8, 4) is 0 Å². The van der Waals surface area contributed by atoms with Crippen LogP contribution in [0.3, 0.4) is 0 Å². The Morgan fingerprint density at radius 1 is 1.56 bits per heavy atom. The molecule has 2 aromatic rings. The molecule has 0 aromatic carbocycles. The van der Waals surface area contributed by atoms with Crippen molar-refractivity contribution in [1.29, 1.82) is 0 Å². The molecule has 0 saturated carbocycles. The molecule has 2 rings (SSSR count). The van der Waals surface area contributed by atoms with Gasteiger partial charge in [0.1, 0.15) is 12.1 Å². The third kappa shape index (κ3) is 2.92. The fourth-order valence-electron chi connectivity index (χ4n) is 1.36. The Kier molecular flexibility index (Phi) is 4.15. The van der Waals surface area contributed by atoms with Gasteiger partial charge in [0.25, 0.3) is 0 Å². The van der Waals surface area contributed by atoms with E-state index in [2.05, 4.69) is 64.8 Å². The summed E-state index contributed by atoms with van der Waals surface area (Å²) in [6.45, 7) is 0.856. The Hall–Kier alpha value is -0.210. The van der Waals surface area contributed by atoms with Crippen LogP contribution in [0.2, 0.25) is 0 Å².